The minimum Gasteiger partial charge on any atom is -0.464 e. The topological polar surface area (TPSA) is 21.6 Å². The highest BCUT2D eigenvalue weighted by Gasteiger charge is 2.32. The average Bonchev–Trinajstić information content (AvgIpc) is 2.28. The van der Waals surface area contributed by atoms with Crippen LogP contribution in [0.3, 0.4) is 0 Å². The van der Waals surface area contributed by atoms with Gasteiger partial charge in [-0.1, -0.05) is 31.0 Å². The summed E-state index contributed by atoms with van der Waals surface area (Å²) in [5.74, 6) is 0.731. The second-order valence-corrected chi connectivity index (χ2v) is 5.56. The highest BCUT2D eigenvalue weighted by molar-refractivity contribution is 9.18. The number of benzene rings is 1. The van der Waals surface area contributed by atoms with Crippen LogP contribution in [0.15, 0.2) is 23.2 Å². The maximum Gasteiger partial charge on any atom is 0.198 e. The number of hydrogen-bond donors (Lipinski definition) is 0. The minimum absolute atomic E-state index is 0.507. The van der Waals surface area contributed by atoms with Gasteiger partial charge in [0.1, 0.15) is 4.62 Å². The largest absolute Gasteiger partial charge is 0.464 e. The third-order valence-corrected chi connectivity index (χ3v) is 3.74. The van der Waals surface area contributed by atoms with E-state index in [0.29, 0.717) is 5.02 Å². The molecule has 0 aromatic heterocycles. The first kappa shape index (κ1) is 12.9. The Labute approximate surface area is 115 Å². The molecule has 1 aromatic carbocycles. The van der Waals surface area contributed by atoms with Crippen molar-refractivity contribution in [2.45, 2.75) is 38.8 Å². The van der Waals surface area contributed by atoms with Gasteiger partial charge in [-0.25, -0.2) is 4.99 Å². The van der Waals surface area contributed by atoms with Crippen molar-refractivity contribution in [2.75, 3.05) is 0 Å². The summed E-state index contributed by atoms with van der Waals surface area (Å²) in [4.78, 5) is 4.59. The lowest BCUT2D eigenvalue weighted by Crippen LogP contribution is -2.34. The maximum absolute atomic E-state index is 6.17. The summed E-state index contributed by atoms with van der Waals surface area (Å²) >= 11 is 9.67. The Hall–Kier alpha value is -0.540. The number of ether oxygens (including phenoxy) is 1. The number of rotatable bonds is 3. The molecule has 1 aromatic rings. The van der Waals surface area contributed by atoms with E-state index in [4.69, 9.17) is 16.3 Å². The van der Waals surface area contributed by atoms with E-state index in [1.165, 1.54) is 0 Å². The van der Waals surface area contributed by atoms with E-state index >= 15 is 0 Å². The lowest BCUT2D eigenvalue weighted by molar-refractivity contribution is 0.0829. The summed E-state index contributed by atoms with van der Waals surface area (Å²) in [5.41, 5.74) is 0.416. The summed E-state index contributed by atoms with van der Waals surface area (Å²) in [6, 6.07) is 5.69. The molecule has 1 unspecified atom stereocenters. The van der Waals surface area contributed by atoms with Gasteiger partial charge in [0, 0.05) is 6.42 Å². The molecule has 0 bridgehead atoms. The van der Waals surface area contributed by atoms with Crippen molar-refractivity contribution >= 4 is 32.2 Å². The third-order valence-electron chi connectivity index (χ3n) is 2.84. The zero-order valence-corrected chi connectivity index (χ0v) is 12.3. The number of fused-ring (bicyclic) bond motifs is 1. The van der Waals surface area contributed by atoms with E-state index in [-0.39, 0.29) is 0 Å². The van der Waals surface area contributed by atoms with Crippen molar-refractivity contribution < 1.29 is 4.74 Å². The van der Waals surface area contributed by atoms with Crippen LogP contribution in [0.4, 0.5) is 0 Å². The molecule has 17 heavy (non-hydrogen) atoms. The molecule has 0 fully saturated rings. The van der Waals surface area contributed by atoms with Gasteiger partial charge in [0.25, 0.3) is 0 Å². The molecule has 0 spiro atoms. The fourth-order valence-electron chi connectivity index (χ4n) is 1.90. The molecule has 4 heteroatoms. The third kappa shape index (κ3) is 2.66. The van der Waals surface area contributed by atoms with E-state index in [1.54, 1.807) is 0 Å². The molecule has 1 aliphatic heterocycles. The normalized spacial score (nSPS) is 22.7. The number of para-hydroxylation sites is 1. The van der Waals surface area contributed by atoms with Crippen molar-refractivity contribution in [1.29, 1.82) is 0 Å². The smallest absolute Gasteiger partial charge is 0.198 e. The molecule has 0 saturated heterocycles. The number of hydrogen-bond acceptors (Lipinski definition) is 2. The van der Waals surface area contributed by atoms with Crippen LogP contribution < -0.4 is 4.74 Å². The summed E-state index contributed by atoms with van der Waals surface area (Å²) in [6.45, 7) is 4.15. The van der Waals surface area contributed by atoms with Crippen LogP contribution in [-0.4, -0.2) is 10.3 Å². The Balaban J connectivity index is 2.36. The van der Waals surface area contributed by atoms with Gasteiger partial charge >= 0.3 is 0 Å². The van der Waals surface area contributed by atoms with Gasteiger partial charge in [-0.3, -0.25) is 0 Å². The molecule has 0 amide bonds. The van der Waals surface area contributed by atoms with E-state index in [9.17, 15) is 0 Å². The molecule has 0 saturated carbocycles. The van der Waals surface area contributed by atoms with E-state index in [2.05, 4.69) is 27.8 Å². The Morgan fingerprint density at radius 2 is 2.24 bits per heavy atom. The monoisotopic (exact) mass is 315 g/mol. The average molecular weight is 317 g/mol. The molecule has 0 aliphatic carbocycles. The molecule has 1 heterocycles. The zero-order valence-electron chi connectivity index (χ0n) is 9.96. The number of aliphatic imine (C=N–C) groups is 1. The van der Waals surface area contributed by atoms with Crippen LogP contribution in [0.1, 0.15) is 38.7 Å². The van der Waals surface area contributed by atoms with Crippen LogP contribution in [0, 0.1) is 0 Å². The first-order chi connectivity index (χ1) is 8.06. The molecular formula is C13H15BrClNO. The molecule has 2 rings (SSSR count). The van der Waals surface area contributed by atoms with Gasteiger partial charge in [-0.15, -0.1) is 0 Å². The standard InChI is InChI=1S/C13H15BrClNO/c1-3-4-8-13(2)16-12(14)9-6-5-7-10(15)11(9)17-13/h5-7H,3-4,8H2,1-2H3. The summed E-state index contributed by atoms with van der Waals surface area (Å²) in [7, 11) is 0. The molecule has 0 radical (unpaired) electrons. The molecule has 92 valence electrons. The summed E-state index contributed by atoms with van der Waals surface area (Å²) in [5, 5.41) is 0.636. The van der Waals surface area contributed by atoms with Crippen LogP contribution in [0.5, 0.6) is 5.75 Å². The summed E-state index contributed by atoms with van der Waals surface area (Å²) in [6.07, 6.45) is 3.10. The fourth-order valence-corrected chi connectivity index (χ4v) is 2.80. The van der Waals surface area contributed by atoms with Crippen molar-refractivity contribution in [3.8, 4) is 5.75 Å². The Kier molecular flexibility index (Phi) is 3.79. The Bertz CT molecular complexity index is 461. The number of unbranched alkanes of at least 4 members (excludes halogenated alkanes) is 1. The molecule has 1 atom stereocenters. The second kappa shape index (κ2) is 4.99. The fraction of sp³-hybridized carbons (Fsp3) is 0.462. The van der Waals surface area contributed by atoms with Crippen LogP contribution >= 0.6 is 27.5 Å². The van der Waals surface area contributed by atoms with Crippen molar-refractivity contribution in [3.63, 3.8) is 0 Å². The van der Waals surface area contributed by atoms with Crippen LogP contribution in [0.2, 0.25) is 5.02 Å². The predicted octanol–water partition coefficient (Wildman–Crippen LogP) is 4.78. The van der Waals surface area contributed by atoms with Gasteiger partial charge in [0.05, 0.1) is 10.6 Å². The maximum atomic E-state index is 6.17. The molecular weight excluding hydrogens is 302 g/mol. The van der Waals surface area contributed by atoms with E-state index in [0.717, 1.165) is 35.2 Å². The highest BCUT2D eigenvalue weighted by atomic mass is 79.9. The number of nitrogens with zero attached hydrogens (tertiary/aromatic N) is 1. The van der Waals surface area contributed by atoms with E-state index in [1.807, 2.05) is 25.1 Å². The molecule has 1 aliphatic rings. The first-order valence-corrected chi connectivity index (χ1v) is 6.96. The lowest BCUT2D eigenvalue weighted by atomic mass is 10.1. The van der Waals surface area contributed by atoms with Crippen molar-refractivity contribution in [3.05, 3.63) is 28.8 Å². The number of halogens is 2. The summed E-state index contributed by atoms with van der Waals surface area (Å²) < 4.78 is 6.79. The Morgan fingerprint density at radius 1 is 1.47 bits per heavy atom. The van der Waals surface area contributed by atoms with Crippen molar-refractivity contribution in [1.82, 2.24) is 0 Å². The van der Waals surface area contributed by atoms with Crippen LogP contribution in [0.25, 0.3) is 0 Å². The van der Waals surface area contributed by atoms with Gasteiger partial charge in [-0.2, -0.15) is 0 Å². The van der Waals surface area contributed by atoms with Gasteiger partial charge in [0.15, 0.2) is 11.5 Å². The second-order valence-electron chi connectivity index (χ2n) is 4.40. The van der Waals surface area contributed by atoms with Gasteiger partial charge < -0.3 is 4.74 Å². The molecule has 0 N–H and O–H groups in total. The predicted molar refractivity (Wildman–Crippen MR) is 75.5 cm³/mol. The zero-order chi connectivity index (χ0) is 12.5. The quantitative estimate of drug-likeness (QED) is 0.786. The highest BCUT2D eigenvalue weighted by Crippen LogP contribution is 2.39. The van der Waals surface area contributed by atoms with Gasteiger partial charge in [-0.05, 0) is 41.4 Å². The van der Waals surface area contributed by atoms with Gasteiger partial charge in [0.2, 0.25) is 0 Å². The lowest BCUT2D eigenvalue weighted by Gasteiger charge is -2.32. The van der Waals surface area contributed by atoms with Crippen molar-refractivity contribution in [2.24, 2.45) is 4.99 Å². The molecule has 2 nitrogen and oxygen atoms in total. The first-order valence-electron chi connectivity index (χ1n) is 5.79. The minimum atomic E-state index is -0.507. The van der Waals surface area contributed by atoms with E-state index < -0.39 is 5.72 Å². The Morgan fingerprint density at radius 3 is 2.94 bits per heavy atom. The SMILES string of the molecule is CCCCC1(C)N=C(Br)c2cccc(Cl)c2O1. The van der Waals surface area contributed by atoms with Crippen LogP contribution in [-0.2, 0) is 0 Å².